The van der Waals surface area contributed by atoms with Crippen molar-refractivity contribution in [2.45, 2.75) is 50.4 Å². The molecule has 0 aromatic heterocycles. The van der Waals surface area contributed by atoms with Crippen molar-refractivity contribution in [1.82, 2.24) is 4.90 Å². The molecular formula is C22H28FNO. The highest BCUT2D eigenvalue weighted by atomic mass is 19.1. The van der Waals surface area contributed by atoms with Crippen LogP contribution < -0.4 is 0 Å². The van der Waals surface area contributed by atoms with Gasteiger partial charge < -0.3 is 9.64 Å². The van der Waals surface area contributed by atoms with E-state index in [9.17, 15) is 4.39 Å². The Morgan fingerprint density at radius 1 is 1.00 bits per heavy atom. The maximum Gasteiger partial charge on any atom is 0.128 e. The summed E-state index contributed by atoms with van der Waals surface area (Å²) < 4.78 is 19.7. The standard InChI is InChI=1S/C22H28FNO/c1-24(2)22(16-18-8-4-3-5-9-18)14-12-20(13-15-22)25-17-19-10-6-7-11-21(19)23/h3-11,20H,12-17H2,1-2H3/t20-,22+. The number of halogens is 1. The fourth-order valence-electron chi connectivity index (χ4n) is 3.88. The highest BCUT2D eigenvalue weighted by Crippen LogP contribution is 2.36. The van der Waals surface area contributed by atoms with E-state index in [0.717, 1.165) is 32.1 Å². The molecular weight excluding hydrogens is 313 g/mol. The summed E-state index contributed by atoms with van der Waals surface area (Å²) in [5.41, 5.74) is 2.23. The molecule has 1 fully saturated rings. The highest BCUT2D eigenvalue weighted by Gasteiger charge is 2.37. The maximum absolute atomic E-state index is 13.7. The van der Waals surface area contributed by atoms with Crippen molar-refractivity contribution >= 4 is 0 Å². The second kappa shape index (κ2) is 8.11. The Morgan fingerprint density at radius 3 is 2.28 bits per heavy atom. The zero-order valence-electron chi connectivity index (χ0n) is 15.2. The van der Waals surface area contributed by atoms with Crippen LogP contribution in [0.5, 0.6) is 0 Å². The van der Waals surface area contributed by atoms with Crippen LogP contribution in [0.1, 0.15) is 36.8 Å². The van der Waals surface area contributed by atoms with Gasteiger partial charge in [-0.05, 0) is 57.8 Å². The molecule has 0 radical (unpaired) electrons. The molecule has 0 heterocycles. The van der Waals surface area contributed by atoms with Crippen LogP contribution in [0.15, 0.2) is 54.6 Å². The Morgan fingerprint density at radius 2 is 1.64 bits per heavy atom. The highest BCUT2D eigenvalue weighted by molar-refractivity contribution is 5.19. The first-order valence-electron chi connectivity index (χ1n) is 9.15. The number of likely N-dealkylation sites (N-methyl/N-ethyl adjacent to an activating group) is 1. The first-order chi connectivity index (χ1) is 12.1. The van der Waals surface area contributed by atoms with E-state index in [1.165, 1.54) is 11.6 Å². The van der Waals surface area contributed by atoms with Crippen molar-refractivity contribution in [1.29, 1.82) is 0 Å². The molecule has 0 saturated heterocycles. The average molecular weight is 341 g/mol. The summed E-state index contributed by atoms with van der Waals surface area (Å²) in [4.78, 5) is 2.38. The lowest BCUT2D eigenvalue weighted by Gasteiger charge is -2.45. The van der Waals surface area contributed by atoms with E-state index >= 15 is 0 Å². The largest absolute Gasteiger partial charge is 0.373 e. The van der Waals surface area contributed by atoms with Crippen molar-refractivity contribution in [3.8, 4) is 0 Å². The molecule has 3 heteroatoms. The van der Waals surface area contributed by atoms with Crippen LogP contribution in [0.2, 0.25) is 0 Å². The zero-order chi connectivity index (χ0) is 17.7. The van der Waals surface area contributed by atoms with Crippen molar-refractivity contribution < 1.29 is 9.13 Å². The summed E-state index contributed by atoms with van der Waals surface area (Å²) in [7, 11) is 4.37. The van der Waals surface area contributed by atoms with E-state index in [1.807, 2.05) is 6.07 Å². The second-order valence-corrected chi connectivity index (χ2v) is 7.38. The van der Waals surface area contributed by atoms with Crippen molar-refractivity contribution in [3.05, 3.63) is 71.5 Å². The number of benzene rings is 2. The third-order valence-corrected chi connectivity index (χ3v) is 5.62. The van der Waals surface area contributed by atoms with Gasteiger partial charge in [-0.15, -0.1) is 0 Å². The molecule has 1 aliphatic carbocycles. The summed E-state index contributed by atoms with van der Waals surface area (Å²) in [6.07, 6.45) is 5.57. The van der Waals surface area contributed by atoms with E-state index in [2.05, 4.69) is 49.3 Å². The van der Waals surface area contributed by atoms with Gasteiger partial charge in [0, 0.05) is 11.1 Å². The minimum atomic E-state index is -0.176. The molecule has 0 unspecified atom stereocenters. The van der Waals surface area contributed by atoms with Crippen LogP contribution in [0.4, 0.5) is 4.39 Å². The molecule has 0 N–H and O–H groups in total. The third-order valence-electron chi connectivity index (χ3n) is 5.62. The third kappa shape index (κ3) is 4.47. The van der Waals surface area contributed by atoms with E-state index < -0.39 is 0 Å². The van der Waals surface area contributed by atoms with Gasteiger partial charge in [0.1, 0.15) is 5.82 Å². The number of rotatable bonds is 6. The molecule has 2 aromatic carbocycles. The predicted octanol–water partition coefficient (Wildman–Crippen LogP) is 4.83. The Bertz CT molecular complexity index is 663. The van der Waals surface area contributed by atoms with E-state index in [4.69, 9.17) is 4.74 Å². The predicted molar refractivity (Wildman–Crippen MR) is 100 cm³/mol. The smallest absolute Gasteiger partial charge is 0.128 e. The second-order valence-electron chi connectivity index (χ2n) is 7.38. The molecule has 134 valence electrons. The molecule has 1 saturated carbocycles. The van der Waals surface area contributed by atoms with E-state index in [0.29, 0.717) is 12.2 Å². The molecule has 25 heavy (non-hydrogen) atoms. The van der Waals surface area contributed by atoms with Gasteiger partial charge in [0.05, 0.1) is 12.7 Å². The van der Waals surface area contributed by atoms with Gasteiger partial charge in [-0.3, -0.25) is 0 Å². The van der Waals surface area contributed by atoms with Gasteiger partial charge in [0.15, 0.2) is 0 Å². The van der Waals surface area contributed by atoms with E-state index in [1.54, 1.807) is 12.1 Å². The molecule has 1 aliphatic rings. The Kier molecular flexibility index (Phi) is 5.87. The van der Waals surface area contributed by atoms with Gasteiger partial charge in [-0.1, -0.05) is 48.5 Å². The van der Waals surface area contributed by atoms with Crippen LogP contribution in [-0.2, 0) is 17.8 Å². The van der Waals surface area contributed by atoms with Gasteiger partial charge in [0.25, 0.3) is 0 Å². The SMILES string of the molecule is CN(C)[C@]1(Cc2ccccc2)CC[C@H](OCc2ccccc2F)CC1. The molecule has 3 rings (SSSR count). The fourth-order valence-corrected chi connectivity index (χ4v) is 3.88. The molecule has 0 atom stereocenters. The fraction of sp³-hybridized carbons (Fsp3) is 0.455. The van der Waals surface area contributed by atoms with Crippen molar-refractivity contribution in [2.75, 3.05) is 14.1 Å². The zero-order valence-corrected chi connectivity index (χ0v) is 15.2. The molecule has 0 spiro atoms. The monoisotopic (exact) mass is 341 g/mol. The topological polar surface area (TPSA) is 12.5 Å². The molecule has 0 amide bonds. The minimum Gasteiger partial charge on any atom is -0.373 e. The number of hydrogen-bond acceptors (Lipinski definition) is 2. The normalized spacial score (nSPS) is 23.8. The summed E-state index contributed by atoms with van der Waals surface area (Å²) >= 11 is 0. The number of ether oxygens (including phenoxy) is 1. The Labute approximate surface area is 150 Å². The van der Waals surface area contributed by atoms with Crippen LogP contribution in [-0.4, -0.2) is 30.6 Å². The van der Waals surface area contributed by atoms with Crippen molar-refractivity contribution in [2.24, 2.45) is 0 Å². The van der Waals surface area contributed by atoms with Crippen LogP contribution in [0.25, 0.3) is 0 Å². The first kappa shape index (κ1) is 18.1. The molecule has 2 nitrogen and oxygen atoms in total. The van der Waals surface area contributed by atoms with Crippen LogP contribution >= 0.6 is 0 Å². The number of nitrogens with zero attached hydrogens (tertiary/aromatic N) is 1. The quantitative estimate of drug-likeness (QED) is 0.746. The Balaban J connectivity index is 1.58. The Hall–Kier alpha value is -1.71. The number of hydrogen-bond donors (Lipinski definition) is 0. The summed E-state index contributed by atoms with van der Waals surface area (Å²) in [6.45, 7) is 0.366. The van der Waals surface area contributed by atoms with Crippen LogP contribution in [0.3, 0.4) is 0 Å². The van der Waals surface area contributed by atoms with Crippen molar-refractivity contribution in [3.63, 3.8) is 0 Å². The maximum atomic E-state index is 13.7. The van der Waals surface area contributed by atoms with Gasteiger partial charge in [-0.2, -0.15) is 0 Å². The average Bonchev–Trinajstić information content (AvgIpc) is 2.63. The van der Waals surface area contributed by atoms with E-state index in [-0.39, 0.29) is 17.5 Å². The lowest BCUT2D eigenvalue weighted by molar-refractivity contribution is -0.0237. The van der Waals surface area contributed by atoms with Gasteiger partial charge >= 0.3 is 0 Å². The molecule has 0 aliphatic heterocycles. The van der Waals surface area contributed by atoms with Gasteiger partial charge in [0.2, 0.25) is 0 Å². The molecule has 2 aromatic rings. The molecule has 0 bridgehead atoms. The van der Waals surface area contributed by atoms with Crippen LogP contribution in [0, 0.1) is 5.82 Å². The summed E-state index contributed by atoms with van der Waals surface area (Å²) in [6, 6.07) is 17.6. The lowest BCUT2D eigenvalue weighted by atomic mass is 9.75. The lowest BCUT2D eigenvalue weighted by Crippen LogP contribution is -2.49. The van der Waals surface area contributed by atoms with Gasteiger partial charge in [-0.25, -0.2) is 4.39 Å². The summed E-state index contributed by atoms with van der Waals surface area (Å²) in [5, 5.41) is 0. The minimum absolute atomic E-state index is 0.176. The first-order valence-corrected chi connectivity index (χ1v) is 9.15. The summed E-state index contributed by atoms with van der Waals surface area (Å²) in [5.74, 6) is -0.176.